The Bertz CT molecular complexity index is 544. The maximum absolute atomic E-state index is 12.4. The van der Waals surface area contributed by atoms with E-state index in [0.29, 0.717) is 18.8 Å². The van der Waals surface area contributed by atoms with Crippen LogP contribution in [0.2, 0.25) is 0 Å². The average molecular weight is 319 g/mol. The molecule has 0 spiro atoms. The molecule has 1 N–H and O–H groups in total. The highest BCUT2D eigenvalue weighted by atomic mass is 16.6. The number of ether oxygens (including phenoxy) is 1. The summed E-state index contributed by atoms with van der Waals surface area (Å²) in [5.41, 5.74) is 1.34. The van der Waals surface area contributed by atoms with E-state index in [4.69, 9.17) is 4.74 Å². The zero-order valence-corrected chi connectivity index (χ0v) is 15.1. The first-order chi connectivity index (χ1) is 10.6. The Morgan fingerprint density at radius 1 is 1.13 bits per heavy atom. The van der Waals surface area contributed by atoms with E-state index in [-0.39, 0.29) is 11.8 Å². The molecule has 128 valence electrons. The van der Waals surface area contributed by atoms with E-state index in [9.17, 15) is 9.59 Å². The summed E-state index contributed by atoms with van der Waals surface area (Å²) in [7, 11) is 0. The van der Waals surface area contributed by atoms with Gasteiger partial charge in [0.25, 0.3) is 0 Å². The monoisotopic (exact) mass is 319 g/mol. The van der Waals surface area contributed by atoms with Crippen LogP contribution in [0, 0.1) is 0 Å². The zero-order chi connectivity index (χ0) is 17.6. The fraction of sp³-hybridized carbons (Fsp3) is 0.579. The van der Waals surface area contributed by atoms with E-state index in [1.165, 1.54) is 0 Å². The Morgan fingerprint density at radius 3 is 2.30 bits per heavy atom. The number of amides is 1. The number of nitrogens with one attached hydrogen (secondary N) is 1. The zero-order valence-electron chi connectivity index (χ0n) is 15.1. The van der Waals surface area contributed by atoms with Crippen molar-refractivity contribution in [3.05, 3.63) is 35.4 Å². The van der Waals surface area contributed by atoms with Crippen molar-refractivity contribution < 1.29 is 14.3 Å². The number of ketones is 1. The van der Waals surface area contributed by atoms with Crippen molar-refractivity contribution in [2.75, 3.05) is 0 Å². The quantitative estimate of drug-likeness (QED) is 0.774. The topological polar surface area (TPSA) is 55.4 Å². The van der Waals surface area contributed by atoms with Crippen molar-refractivity contribution in [2.45, 2.75) is 71.9 Å². The van der Waals surface area contributed by atoms with Gasteiger partial charge in [-0.3, -0.25) is 4.79 Å². The second-order valence-corrected chi connectivity index (χ2v) is 7.25. The van der Waals surface area contributed by atoms with Gasteiger partial charge >= 0.3 is 6.09 Å². The molecule has 0 fully saturated rings. The lowest BCUT2D eigenvalue weighted by atomic mass is 9.93. The van der Waals surface area contributed by atoms with E-state index >= 15 is 0 Å². The summed E-state index contributed by atoms with van der Waals surface area (Å²) in [5, 5.41) is 2.77. The van der Waals surface area contributed by atoms with Gasteiger partial charge in [0, 0.05) is 18.0 Å². The standard InChI is InChI=1S/C19H29NO3/c1-13(2)15-9-7-8-10-16(15)17(21)12-11-14(3)20-18(22)23-19(4,5)6/h7-10,13-14H,11-12H2,1-6H3,(H,20,22). The Labute approximate surface area is 139 Å². The predicted molar refractivity (Wildman–Crippen MR) is 92.9 cm³/mol. The van der Waals surface area contributed by atoms with Crippen molar-refractivity contribution in [1.29, 1.82) is 0 Å². The summed E-state index contributed by atoms with van der Waals surface area (Å²) in [4.78, 5) is 24.2. The minimum absolute atomic E-state index is 0.111. The first-order valence-corrected chi connectivity index (χ1v) is 8.22. The van der Waals surface area contributed by atoms with Crippen LogP contribution < -0.4 is 5.32 Å². The van der Waals surface area contributed by atoms with Gasteiger partial charge < -0.3 is 10.1 Å². The predicted octanol–water partition coefficient (Wildman–Crippen LogP) is 4.69. The van der Waals surface area contributed by atoms with Crippen molar-refractivity contribution in [3.8, 4) is 0 Å². The molecule has 1 atom stereocenters. The highest BCUT2D eigenvalue weighted by Gasteiger charge is 2.19. The van der Waals surface area contributed by atoms with E-state index < -0.39 is 11.7 Å². The fourth-order valence-corrected chi connectivity index (χ4v) is 2.32. The van der Waals surface area contributed by atoms with Crippen LogP contribution in [0.1, 0.15) is 76.2 Å². The molecule has 1 aromatic carbocycles. The SMILES string of the molecule is CC(CCC(=O)c1ccccc1C(C)C)NC(=O)OC(C)(C)C. The van der Waals surface area contributed by atoms with Crippen LogP contribution in [0.4, 0.5) is 4.79 Å². The number of carbonyl (C=O) groups is 2. The van der Waals surface area contributed by atoms with Gasteiger partial charge in [0.2, 0.25) is 0 Å². The first kappa shape index (κ1) is 19.2. The molecular formula is C19H29NO3. The van der Waals surface area contributed by atoms with Crippen molar-refractivity contribution in [3.63, 3.8) is 0 Å². The van der Waals surface area contributed by atoms with Gasteiger partial charge in [-0.25, -0.2) is 4.79 Å². The Morgan fingerprint density at radius 2 is 1.74 bits per heavy atom. The molecule has 1 rings (SSSR count). The highest BCUT2D eigenvalue weighted by molar-refractivity contribution is 5.97. The molecule has 0 aliphatic carbocycles. The number of benzene rings is 1. The molecule has 4 nitrogen and oxygen atoms in total. The number of rotatable bonds is 6. The molecule has 0 aliphatic heterocycles. The van der Waals surface area contributed by atoms with Crippen LogP contribution in [0.25, 0.3) is 0 Å². The second-order valence-electron chi connectivity index (χ2n) is 7.25. The summed E-state index contributed by atoms with van der Waals surface area (Å²) in [5.74, 6) is 0.430. The van der Waals surface area contributed by atoms with Crippen LogP contribution in [0.15, 0.2) is 24.3 Å². The lowest BCUT2D eigenvalue weighted by molar-refractivity contribution is 0.0504. The largest absolute Gasteiger partial charge is 0.444 e. The van der Waals surface area contributed by atoms with Gasteiger partial charge in [0.05, 0.1) is 0 Å². The smallest absolute Gasteiger partial charge is 0.407 e. The van der Waals surface area contributed by atoms with E-state index in [2.05, 4.69) is 19.2 Å². The molecular weight excluding hydrogens is 290 g/mol. The number of hydrogen-bond acceptors (Lipinski definition) is 3. The number of hydrogen-bond donors (Lipinski definition) is 1. The first-order valence-electron chi connectivity index (χ1n) is 8.22. The van der Waals surface area contributed by atoms with Crippen LogP contribution in [0.3, 0.4) is 0 Å². The molecule has 0 heterocycles. The van der Waals surface area contributed by atoms with Crippen molar-refractivity contribution in [2.24, 2.45) is 0 Å². The van der Waals surface area contributed by atoms with Crippen molar-refractivity contribution in [1.82, 2.24) is 5.32 Å². The fourth-order valence-electron chi connectivity index (χ4n) is 2.32. The Kier molecular flexibility index (Phi) is 6.79. The third-order valence-corrected chi connectivity index (χ3v) is 3.45. The van der Waals surface area contributed by atoms with Crippen molar-refractivity contribution >= 4 is 11.9 Å². The normalized spacial score (nSPS) is 12.8. The highest BCUT2D eigenvalue weighted by Crippen LogP contribution is 2.21. The third-order valence-electron chi connectivity index (χ3n) is 3.45. The molecule has 23 heavy (non-hydrogen) atoms. The second kappa shape index (κ2) is 8.14. The van der Waals surface area contributed by atoms with Gasteiger partial charge in [-0.1, -0.05) is 38.1 Å². The lowest BCUT2D eigenvalue weighted by Gasteiger charge is -2.22. The molecule has 1 unspecified atom stereocenters. The summed E-state index contributed by atoms with van der Waals surface area (Å²) in [6, 6.07) is 7.62. The van der Waals surface area contributed by atoms with E-state index in [1.807, 2.05) is 52.0 Å². The third kappa shape index (κ3) is 6.85. The Hall–Kier alpha value is -1.84. The maximum atomic E-state index is 12.4. The minimum atomic E-state index is -0.518. The summed E-state index contributed by atoms with van der Waals surface area (Å²) >= 11 is 0. The van der Waals surface area contributed by atoms with Gasteiger partial charge in [0.1, 0.15) is 5.60 Å². The number of alkyl carbamates (subject to hydrolysis) is 1. The van der Waals surface area contributed by atoms with E-state index in [0.717, 1.165) is 11.1 Å². The molecule has 0 aliphatic rings. The molecule has 1 amide bonds. The molecule has 1 aromatic rings. The molecule has 4 heteroatoms. The molecule has 0 bridgehead atoms. The van der Waals surface area contributed by atoms with Crippen LogP contribution in [0.5, 0.6) is 0 Å². The van der Waals surface area contributed by atoms with Gasteiger partial charge in [-0.2, -0.15) is 0 Å². The van der Waals surface area contributed by atoms with Gasteiger partial charge in [-0.05, 0) is 45.6 Å². The maximum Gasteiger partial charge on any atom is 0.407 e. The minimum Gasteiger partial charge on any atom is -0.444 e. The van der Waals surface area contributed by atoms with Gasteiger partial charge in [-0.15, -0.1) is 0 Å². The van der Waals surface area contributed by atoms with E-state index in [1.54, 1.807) is 0 Å². The van der Waals surface area contributed by atoms with Crippen LogP contribution in [-0.2, 0) is 4.74 Å². The Balaban J connectivity index is 2.55. The van der Waals surface area contributed by atoms with Crippen LogP contribution >= 0.6 is 0 Å². The lowest BCUT2D eigenvalue weighted by Crippen LogP contribution is -2.37. The molecule has 0 saturated heterocycles. The van der Waals surface area contributed by atoms with Gasteiger partial charge in [0.15, 0.2) is 5.78 Å². The number of carbonyl (C=O) groups excluding carboxylic acids is 2. The number of Topliss-reactive ketones (excluding diaryl/α,β-unsaturated/α-hetero) is 1. The summed E-state index contributed by atoms with van der Waals surface area (Å²) in [6.07, 6.45) is 0.547. The van der Waals surface area contributed by atoms with Crippen LogP contribution in [-0.4, -0.2) is 23.5 Å². The summed E-state index contributed by atoms with van der Waals surface area (Å²) in [6.45, 7) is 11.5. The molecule has 0 aromatic heterocycles. The molecule has 0 radical (unpaired) electrons. The summed E-state index contributed by atoms with van der Waals surface area (Å²) < 4.78 is 5.22. The average Bonchev–Trinajstić information content (AvgIpc) is 2.42. The molecule has 0 saturated carbocycles.